The second-order valence-corrected chi connectivity index (χ2v) is 8.63. The molecule has 1 fully saturated rings. The molecule has 3 aromatic carbocycles. The van der Waals surface area contributed by atoms with Crippen LogP contribution >= 0.6 is 0 Å². The Kier molecular flexibility index (Phi) is 5.84. The third kappa shape index (κ3) is 4.17. The van der Waals surface area contributed by atoms with Gasteiger partial charge in [0.1, 0.15) is 17.6 Å². The molecule has 2 atom stereocenters. The molecule has 34 heavy (non-hydrogen) atoms. The number of benzene rings is 3. The lowest BCUT2D eigenvalue weighted by atomic mass is 10.0. The van der Waals surface area contributed by atoms with Gasteiger partial charge in [0.15, 0.2) is 0 Å². The Morgan fingerprint density at radius 3 is 2.62 bits per heavy atom. The number of ether oxygens (including phenoxy) is 2. The largest absolute Gasteiger partial charge is 0.497 e. The normalized spacial score (nSPS) is 19.1. The number of amides is 3. The molecule has 7 nitrogen and oxygen atoms in total. The molecule has 1 saturated heterocycles. The van der Waals surface area contributed by atoms with E-state index < -0.39 is 0 Å². The number of fused-ring (bicyclic) bond motifs is 2. The van der Waals surface area contributed by atoms with E-state index >= 15 is 0 Å². The third-order valence-electron chi connectivity index (χ3n) is 6.52. The van der Waals surface area contributed by atoms with Crippen molar-refractivity contribution in [2.45, 2.75) is 18.7 Å². The zero-order chi connectivity index (χ0) is 23.7. The summed E-state index contributed by atoms with van der Waals surface area (Å²) in [4.78, 5) is 29.5. The van der Waals surface area contributed by atoms with Crippen LogP contribution in [0.3, 0.4) is 0 Å². The van der Waals surface area contributed by atoms with Crippen molar-refractivity contribution in [3.63, 3.8) is 0 Å². The van der Waals surface area contributed by atoms with Gasteiger partial charge in [-0.3, -0.25) is 4.79 Å². The highest BCUT2D eigenvalue weighted by atomic mass is 16.5. The monoisotopic (exact) mass is 457 g/mol. The minimum Gasteiger partial charge on any atom is -0.497 e. The summed E-state index contributed by atoms with van der Waals surface area (Å²) >= 11 is 0. The van der Waals surface area contributed by atoms with Crippen molar-refractivity contribution in [1.82, 2.24) is 15.1 Å². The maximum atomic E-state index is 13.2. The molecule has 0 radical (unpaired) electrons. The highest BCUT2D eigenvalue weighted by Crippen LogP contribution is 2.35. The number of carbonyl (C=O) groups excluding carboxylic acids is 2. The van der Waals surface area contributed by atoms with Crippen molar-refractivity contribution in [1.29, 1.82) is 0 Å². The molecule has 7 heteroatoms. The molecule has 2 aliphatic rings. The Morgan fingerprint density at radius 2 is 1.82 bits per heavy atom. The zero-order valence-corrected chi connectivity index (χ0v) is 19.2. The first-order valence-electron chi connectivity index (χ1n) is 11.3. The van der Waals surface area contributed by atoms with Crippen molar-refractivity contribution in [2.24, 2.45) is 0 Å². The minimum absolute atomic E-state index is 0.105. The first kappa shape index (κ1) is 21.8. The van der Waals surface area contributed by atoms with Gasteiger partial charge in [-0.1, -0.05) is 48.5 Å². The second kappa shape index (κ2) is 9.09. The summed E-state index contributed by atoms with van der Waals surface area (Å²) in [6, 6.07) is 22.8. The number of nitrogens with zero attached hydrogens (tertiary/aromatic N) is 2. The molecule has 0 unspecified atom stereocenters. The van der Waals surface area contributed by atoms with Crippen LogP contribution in [0.15, 0.2) is 72.8 Å². The van der Waals surface area contributed by atoms with Crippen LogP contribution in [0.4, 0.5) is 4.79 Å². The Balaban J connectivity index is 1.35. The summed E-state index contributed by atoms with van der Waals surface area (Å²) in [6.45, 7) is 1.28. The number of carbonyl (C=O) groups is 2. The zero-order valence-electron chi connectivity index (χ0n) is 19.2. The van der Waals surface area contributed by atoms with E-state index in [2.05, 4.69) is 5.32 Å². The molecular formula is C27H27N3O4. The van der Waals surface area contributed by atoms with Crippen molar-refractivity contribution in [3.8, 4) is 22.6 Å². The van der Waals surface area contributed by atoms with E-state index in [0.717, 1.165) is 22.4 Å². The molecule has 1 N–H and O–H groups in total. The molecule has 0 saturated carbocycles. The lowest BCUT2D eigenvalue weighted by Crippen LogP contribution is -2.44. The number of urea groups is 1. The number of hydrogen-bond acceptors (Lipinski definition) is 4. The molecule has 3 aromatic rings. The van der Waals surface area contributed by atoms with Crippen molar-refractivity contribution < 1.29 is 19.1 Å². The quantitative estimate of drug-likeness (QED) is 0.647. The minimum atomic E-state index is -0.307. The van der Waals surface area contributed by atoms with Gasteiger partial charge in [-0.15, -0.1) is 0 Å². The molecule has 3 amide bonds. The van der Waals surface area contributed by atoms with Gasteiger partial charge in [-0.2, -0.15) is 0 Å². The highest BCUT2D eigenvalue weighted by molar-refractivity contribution is 5.98. The van der Waals surface area contributed by atoms with Crippen LogP contribution in [-0.4, -0.2) is 61.1 Å². The van der Waals surface area contributed by atoms with Crippen molar-refractivity contribution in [3.05, 3.63) is 83.9 Å². The van der Waals surface area contributed by atoms with Crippen molar-refractivity contribution >= 4 is 11.9 Å². The Hall–Kier alpha value is -4.00. The third-order valence-corrected chi connectivity index (χ3v) is 6.52. The van der Waals surface area contributed by atoms with Gasteiger partial charge in [0.05, 0.1) is 25.3 Å². The highest BCUT2D eigenvalue weighted by Gasteiger charge is 2.43. The summed E-state index contributed by atoms with van der Waals surface area (Å²) in [7, 11) is 3.41. The maximum absolute atomic E-state index is 13.2. The molecular weight excluding hydrogens is 430 g/mol. The molecule has 2 heterocycles. The molecule has 0 aliphatic carbocycles. The van der Waals surface area contributed by atoms with Crippen LogP contribution in [-0.2, 0) is 6.54 Å². The fourth-order valence-electron chi connectivity index (χ4n) is 4.58. The van der Waals surface area contributed by atoms with Gasteiger partial charge in [0.2, 0.25) is 0 Å². The van der Waals surface area contributed by atoms with E-state index in [-0.39, 0.29) is 24.1 Å². The average molecular weight is 458 g/mol. The van der Waals surface area contributed by atoms with Crippen LogP contribution < -0.4 is 14.8 Å². The molecule has 0 spiro atoms. The van der Waals surface area contributed by atoms with Crippen molar-refractivity contribution in [2.75, 3.05) is 27.2 Å². The van der Waals surface area contributed by atoms with Crippen LogP contribution in [0.1, 0.15) is 15.9 Å². The van der Waals surface area contributed by atoms with E-state index in [0.29, 0.717) is 30.9 Å². The fraction of sp³-hybridized carbons (Fsp3) is 0.259. The summed E-state index contributed by atoms with van der Waals surface area (Å²) in [6.07, 6.45) is -0.307. The molecule has 0 aromatic heterocycles. The Labute approximate surface area is 198 Å². The van der Waals surface area contributed by atoms with Crippen LogP contribution in [0, 0.1) is 0 Å². The van der Waals surface area contributed by atoms with Crippen LogP contribution in [0.5, 0.6) is 11.5 Å². The fourth-order valence-corrected chi connectivity index (χ4v) is 4.58. The predicted molar refractivity (Wildman–Crippen MR) is 129 cm³/mol. The van der Waals surface area contributed by atoms with Crippen LogP contribution in [0.2, 0.25) is 0 Å². The smallest absolute Gasteiger partial charge is 0.317 e. The predicted octanol–water partition coefficient (Wildman–Crippen LogP) is 3.79. The summed E-state index contributed by atoms with van der Waals surface area (Å²) in [5.74, 6) is 1.19. The lowest BCUT2D eigenvalue weighted by molar-refractivity contribution is 0.0682. The summed E-state index contributed by atoms with van der Waals surface area (Å²) < 4.78 is 11.7. The van der Waals surface area contributed by atoms with E-state index in [4.69, 9.17) is 9.47 Å². The second-order valence-electron chi connectivity index (χ2n) is 8.63. The number of likely N-dealkylation sites (tertiary alicyclic amines) is 1. The molecule has 2 aliphatic heterocycles. The number of rotatable bonds is 4. The van der Waals surface area contributed by atoms with E-state index in [1.807, 2.05) is 72.8 Å². The maximum Gasteiger partial charge on any atom is 0.317 e. The first-order valence-corrected chi connectivity index (χ1v) is 11.3. The number of likely N-dealkylation sites (N-methyl/N-ethyl adjacent to an activating group) is 1. The van der Waals surface area contributed by atoms with Gasteiger partial charge < -0.3 is 24.6 Å². The lowest BCUT2D eigenvalue weighted by Gasteiger charge is -2.25. The molecule has 0 bridgehead atoms. The summed E-state index contributed by atoms with van der Waals surface area (Å²) in [5.41, 5.74) is 3.47. The average Bonchev–Trinajstić information content (AvgIpc) is 3.27. The molecule has 5 rings (SSSR count). The van der Waals surface area contributed by atoms with Crippen LogP contribution in [0.25, 0.3) is 11.1 Å². The van der Waals surface area contributed by atoms with E-state index in [1.165, 1.54) is 0 Å². The first-order chi connectivity index (χ1) is 16.5. The van der Waals surface area contributed by atoms with Gasteiger partial charge in [-0.25, -0.2) is 4.79 Å². The molecule has 174 valence electrons. The summed E-state index contributed by atoms with van der Waals surface area (Å²) in [5, 5.41) is 2.97. The number of nitrogens with one attached hydrogen (secondary N) is 1. The number of hydrogen-bond donors (Lipinski definition) is 1. The standard InChI is InChI=1S/C27H27N3O4/c1-29-23-16-30(27(32)28-15-18-7-4-3-5-8-18)17-25(23)34-24-14-20(11-12-22(24)26(29)31)19-9-6-10-21(13-19)33-2/h3-14,23,25H,15-17H2,1-2H3,(H,28,32)/t23-,25+/m1/s1. The number of methoxy groups -OCH3 is 1. The van der Waals surface area contributed by atoms with Gasteiger partial charge in [0.25, 0.3) is 5.91 Å². The van der Waals surface area contributed by atoms with Gasteiger partial charge in [0, 0.05) is 20.1 Å². The SMILES string of the molecule is COc1cccc(-c2ccc3c(c2)O[C@H]2CN(C(=O)NCc4ccccc4)C[C@H]2N(C)C3=O)c1. The Bertz CT molecular complexity index is 1210. The Morgan fingerprint density at radius 1 is 1.03 bits per heavy atom. The topological polar surface area (TPSA) is 71.1 Å². The van der Waals surface area contributed by atoms with E-state index in [1.54, 1.807) is 24.0 Å². The van der Waals surface area contributed by atoms with Gasteiger partial charge in [-0.05, 0) is 41.0 Å². The van der Waals surface area contributed by atoms with E-state index in [9.17, 15) is 9.59 Å². The van der Waals surface area contributed by atoms with Gasteiger partial charge >= 0.3 is 6.03 Å².